The van der Waals surface area contributed by atoms with Crippen LogP contribution in [0.4, 0.5) is 0 Å². The van der Waals surface area contributed by atoms with E-state index in [1.807, 2.05) is 78.9 Å². The van der Waals surface area contributed by atoms with Gasteiger partial charge in [-0.2, -0.15) is 5.26 Å². The summed E-state index contributed by atoms with van der Waals surface area (Å²) in [6.07, 6.45) is -0.146. The summed E-state index contributed by atoms with van der Waals surface area (Å²) in [7, 11) is 1.59. The van der Waals surface area contributed by atoms with Gasteiger partial charge in [0, 0.05) is 30.8 Å². The number of nitrogens with zero attached hydrogens (tertiary/aromatic N) is 3. The van der Waals surface area contributed by atoms with Crippen molar-refractivity contribution in [2.45, 2.75) is 76.7 Å². The Morgan fingerprint density at radius 2 is 1.48 bits per heavy atom. The predicted octanol–water partition coefficient (Wildman–Crippen LogP) is 6.51. The van der Waals surface area contributed by atoms with Crippen LogP contribution >= 0.6 is 8.53 Å². The summed E-state index contributed by atoms with van der Waals surface area (Å²) in [5.74, 6) is 1.40. The molecule has 0 bridgehead atoms. The van der Waals surface area contributed by atoms with E-state index in [0.717, 1.165) is 16.7 Å². The number of methoxy groups -OCH3 is 2. The van der Waals surface area contributed by atoms with Gasteiger partial charge in [0.05, 0.1) is 46.0 Å². The van der Waals surface area contributed by atoms with Crippen molar-refractivity contribution in [3.63, 3.8) is 0 Å². The molecule has 5 rings (SSSR count). The third kappa shape index (κ3) is 8.81. The minimum Gasteiger partial charge on any atom is -0.497 e. The Hall–Kier alpha value is -4.34. The van der Waals surface area contributed by atoms with Gasteiger partial charge in [-0.25, -0.2) is 9.46 Å². The van der Waals surface area contributed by atoms with Crippen LogP contribution in [0.1, 0.15) is 63.5 Å². The standard InChI is InChI=1S/C39H47N4O8P/c1-27(2)43(28(3)4)52(49-24-10-22-40)51-34-25-37(42-23-21-36(44)41-38(42)45)50-35(34)26-48-39(29-11-8-7-9-12-29,30-13-17-32(46-5)18-14-30)31-15-19-33(47-6)20-16-31/h7-9,11-21,23,27-28,34-35,37H,10,24-26H2,1-6H3,(H,41,44,45)/t34-,35-,37-,52?/m1/s1. The molecule has 1 aliphatic rings. The number of H-pyrrole nitrogens is 1. The molecule has 13 heteroatoms. The van der Waals surface area contributed by atoms with Crippen molar-refractivity contribution in [2.24, 2.45) is 0 Å². The molecule has 4 aromatic rings. The van der Waals surface area contributed by atoms with Gasteiger partial charge in [0.25, 0.3) is 14.1 Å². The van der Waals surface area contributed by atoms with Crippen LogP contribution in [0, 0.1) is 11.3 Å². The molecule has 52 heavy (non-hydrogen) atoms. The fourth-order valence-corrected chi connectivity index (χ4v) is 8.24. The highest BCUT2D eigenvalue weighted by Crippen LogP contribution is 2.50. The maximum Gasteiger partial charge on any atom is 0.330 e. The Morgan fingerprint density at radius 3 is 2.00 bits per heavy atom. The van der Waals surface area contributed by atoms with Crippen molar-refractivity contribution in [1.82, 2.24) is 14.2 Å². The van der Waals surface area contributed by atoms with Crippen molar-refractivity contribution in [2.75, 3.05) is 27.4 Å². The molecule has 1 aliphatic heterocycles. The van der Waals surface area contributed by atoms with Crippen LogP contribution < -0.4 is 20.7 Å². The zero-order valence-electron chi connectivity index (χ0n) is 30.4. The molecular formula is C39H47N4O8P. The average Bonchev–Trinajstić information content (AvgIpc) is 3.54. The third-order valence-corrected chi connectivity index (χ3v) is 11.0. The molecule has 0 aliphatic carbocycles. The van der Waals surface area contributed by atoms with Gasteiger partial charge in [0.2, 0.25) is 0 Å². The Bertz CT molecular complexity index is 1820. The van der Waals surface area contributed by atoms with Crippen LogP contribution in [0.3, 0.4) is 0 Å². The quantitative estimate of drug-likeness (QED) is 0.0727. The van der Waals surface area contributed by atoms with Gasteiger partial charge in [0.15, 0.2) is 0 Å². The molecule has 4 atom stereocenters. The Morgan fingerprint density at radius 1 is 0.904 bits per heavy atom. The van der Waals surface area contributed by atoms with E-state index in [1.165, 1.54) is 16.8 Å². The SMILES string of the molecule is COc1ccc(C(OC[C@H]2O[C@@H](n3ccc(=O)[nH]c3=O)C[C@H]2OP(OCCC#N)N(C(C)C)C(C)C)(c2ccccc2)c2ccc(OC)cc2)cc1. The van der Waals surface area contributed by atoms with E-state index in [1.54, 1.807) is 14.2 Å². The fraction of sp³-hybridized carbons (Fsp3) is 0.410. The maximum absolute atomic E-state index is 13.0. The van der Waals surface area contributed by atoms with Crippen LogP contribution in [-0.2, 0) is 24.1 Å². The monoisotopic (exact) mass is 730 g/mol. The first-order valence-electron chi connectivity index (χ1n) is 17.3. The van der Waals surface area contributed by atoms with Crippen LogP contribution in [0.15, 0.2) is 101 Å². The lowest BCUT2D eigenvalue weighted by Crippen LogP contribution is -2.39. The van der Waals surface area contributed by atoms with E-state index in [-0.39, 0.29) is 38.1 Å². The van der Waals surface area contributed by atoms with E-state index in [4.69, 9.17) is 28.0 Å². The fourth-order valence-electron chi connectivity index (χ4n) is 6.48. The topological polar surface area (TPSA) is 137 Å². The molecule has 0 radical (unpaired) electrons. The summed E-state index contributed by atoms with van der Waals surface area (Å²) >= 11 is 0. The number of nitriles is 1. The van der Waals surface area contributed by atoms with Gasteiger partial charge in [-0.1, -0.05) is 54.6 Å². The number of nitrogens with one attached hydrogen (secondary N) is 1. The van der Waals surface area contributed by atoms with Gasteiger partial charge in [-0.15, -0.1) is 0 Å². The molecule has 1 saturated heterocycles. The van der Waals surface area contributed by atoms with Gasteiger partial charge in [-0.05, 0) is 68.7 Å². The van der Waals surface area contributed by atoms with Crippen molar-refractivity contribution in [3.8, 4) is 17.6 Å². The largest absolute Gasteiger partial charge is 0.497 e. The number of hydrogen-bond acceptors (Lipinski definition) is 10. The molecule has 0 saturated carbocycles. The van der Waals surface area contributed by atoms with Crippen LogP contribution in [0.2, 0.25) is 0 Å². The third-order valence-electron chi connectivity index (χ3n) is 8.87. The Balaban J connectivity index is 1.59. The summed E-state index contributed by atoms with van der Waals surface area (Å²) in [4.78, 5) is 27.2. The number of aromatic amines is 1. The lowest BCUT2D eigenvalue weighted by atomic mass is 9.80. The first-order valence-corrected chi connectivity index (χ1v) is 18.4. The minimum absolute atomic E-state index is 0.0386. The van der Waals surface area contributed by atoms with Crippen molar-refractivity contribution < 1.29 is 28.0 Å². The van der Waals surface area contributed by atoms with Gasteiger partial charge < -0.3 is 28.0 Å². The molecule has 0 amide bonds. The number of hydrogen-bond donors (Lipinski definition) is 1. The average molecular weight is 731 g/mol. The van der Waals surface area contributed by atoms with Gasteiger partial charge in [-0.3, -0.25) is 14.3 Å². The summed E-state index contributed by atoms with van der Waals surface area (Å²) in [5, 5.41) is 9.27. The highest BCUT2D eigenvalue weighted by molar-refractivity contribution is 7.44. The molecule has 1 N–H and O–H groups in total. The number of aromatic nitrogens is 2. The van der Waals surface area contributed by atoms with E-state index < -0.39 is 43.8 Å². The molecule has 1 unspecified atom stereocenters. The second-order valence-electron chi connectivity index (χ2n) is 12.9. The number of benzene rings is 3. The summed E-state index contributed by atoms with van der Waals surface area (Å²) in [5.41, 5.74) is 0.352. The highest BCUT2D eigenvalue weighted by atomic mass is 31.2. The van der Waals surface area contributed by atoms with Crippen molar-refractivity contribution in [1.29, 1.82) is 5.26 Å². The lowest BCUT2D eigenvalue weighted by molar-refractivity contribution is -0.0925. The minimum atomic E-state index is -1.66. The second-order valence-corrected chi connectivity index (χ2v) is 14.3. The molecule has 1 aromatic heterocycles. The van der Waals surface area contributed by atoms with E-state index >= 15 is 0 Å². The first-order chi connectivity index (χ1) is 25.1. The molecular weight excluding hydrogens is 683 g/mol. The van der Waals surface area contributed by atoms with Crippen LogP contribution in [-0.4, -0.2) is 65.9 Å². The summed E-state index contributed by atoms with van der Waals surface area (Å²) < 4.78 is 41.4. The first kappa shape index (κ1) is 38.9. The zero-order valence-corrected chi connectivity index (χ0v) is 31.3. The van der Waals surface area contributed by atoms with E-state index in [0.29, 0.717) is 11.5 Å². The van der Waals surface area contributed by atoms with Crippen molar-refractivity contribution in [3.05, 3.63) is 129 Å². The maximum atomic E-state index is 13.0. The molecule has 276 valence electrons. The van der Waals surface area contributed by atoms with E-state index in [2.05, 4.69) is 43.4 Å². The van der Waals surface area contributed by atoms with Gasteiger partial charge >= 0.3 is 5.69 Å². The summed E-state index contributed by atoms with van der Waals surface area (Å²) in [6, 6.07) is 29.0. The molecule has 3 aromatic carbocycles. The highest BCUT2D eigenvalue weighted by Gasteiger charge is 2.45. The molecule has 2 heterocycles. The van der Waals surface area contributed by atoms with Gasteiger partial charge in [0.1, 0.15) is 29.4 Å². The number of rotatable bonds is 17. The smallest absolute Gasteiger partial charge is 0.330 e. The van der Waals surface area contributed by atoms with Crippen LogP contribution in [0.25, 0.3) is 0 Å². The summed E-state index contributed by atoms with van der Waals surface area (Å²) in [6.45, 7) is 8.51. The zero-order chi connectivity index (χ0) is 37.3. The Kier molecular flexibility index (Phi) is 13.4. The predicted molar refractivity (Wildman–Crippen MR) is 198 cm³/mol. The second kappa shape index (κ2) is 17.9. The molecule has 12 nitrogen and oxygen atoms in total. The Labute approximate surface area is 305 Å². The van der Waals surface area contributed by atoms with Crippen LogP contribution in [0.5, 0.6) is 11.5 Å². The lowest BCUT2D eigenvalue weighted by Gasteiger charge is -2.39. The van der Waals surface area contributed by atoms with Crippen molar-refractivity contribution >= 4 is 8.53 Å². The number of ether oxygens (including phenoxy) is 4. The molecule has 0 spiro atoms. The van der Waals surface area contributed by atoms with E-state index in [9.17, 15) is 14.9 Å². The normalized spacial score (nSPS) is 18.1. The molecule has 1 fully saturated rings.